The molecule has 2 aliphatic rings. The van der Waals surface area contributed by atoms with E-state index in [4.69, 9.17) is 0 Å². The van der Waals surface area contributed by atoms with E-state index in [2.05, 4.69) is 72.8 Å². The van der Waals surface area contributed by atoms with Crippen molar-refractivity contribution < 1.29 is 5.11 Å². The lowest BCUT2D eigenvalue weighted by molar-refractivity contribution is 0.462. The van der Waals surface area contributed by atoms with Gasteiger partial charge in [-0.2, -0.15) is 0 Å². The van der Waals surface area contributed by atoms with Gasteiger partial charge in [0.1, 0.15) is 5.75 Å². The summed E-state index contributed by atoms with van der Waals surface area (Å²) in [6.07, 6.45) is 9.30. The van der Waals surface area contributed by atoms with Crippen molar-refractivity contribution in [2.75, 3.05) is 0 Å². The van der Waals surface area contributed by atoms with Gasteiger partial charge in [0.2, 0.25) is 0 Å². The molecular formula is C32H30OS2. The van der Waals surface area contributed by atoms with E-state index in [1.807, 2.05) is 17.8 Å². The van der Waals surface area contributed by atoms with E-state index in [1.165, 1.54) is 68.2 Å². The Morgan fingerprint density at radius 1 is 0.543 bits per heavy atom. The minimum Gasteiger partial charge on any atom is -0.506 e. The topological polar surface area (TPSA) is 20.2 Å². The quantitative estimate of drug-likeness (QED) is 0.299. The van der Waals surface area contributed by atoms with Gasteiger partial charge >= 0.3 is 0 Å². The fraction of sp³-hybridized carbons (Fsp3) is 0.250. The van der Waals surface area contributed by atoms with E-state index in [0.29, 0.717) is 5.75 Å². The van der Waals surface area contributed by atoms with Gasteiger partial charge in [0.25, 0.3) is 0 Å². The van der Waals surface area contributed by atoms with Crippen molar-refractivity contribution in [1.82, 2.24) is 0 Å². The predicted molar refractivity (Wildman–Crippen MR) is 148 cm³/mol. The Morgan fingerprint density at radius 2 is 1.11 bits per heavy atom. The fourth-order valence-corrected chi connectivity index (χ4v) is 7.49. The molecule has 0 saturated carbocycles. The summed E-state index contributed by atoms with van der Waals surface area (Å²) >= 11 is 3.52. The second-order valence-electron chi connectivity index (χ2n) is 9.59. The first-order chi connectivity index (χ1) is 17.3. The highest BCUT2D eigenvalue weighted by Gasteiger charge is 2.26. The van der Waals surface area contributed by atoms with Gasteiger partial charge in [-0.3, -0.25) is 0 Å². The third-order valence-corrected chi connectivity index (χ3v) is 9.26. The molecule has 0 saturated heterocycles. The second-order valence-corrected chi connectivity index (χ2v) is 11.9. The smallest absolute Gasteiger partial charge is 0.137 e. The van der Waals surface area contributed by atoms with Crippen LogP contribution in [0.15, 0.2) is 98.4 Å². The van der Waals surface area contributed by atoms with Crippen molar-refractivity contribution in [2.45, 2.75) is 70.9 Å². The molecule has 4 aromatic carbocycles. The lowest BCUT2D eigenvalue weighted by Crippen LogP contribution is -2.09. The standard InChI is InChI=1S/C32H30OS2/c33-32-30(35-25-15-5-2-6-16-25)20-23-12-8-10-18-28(23)31(32)29-21-26(34-24-13-3-1-4-14-24)19-22-11-7-9-17-27(22)29/h1-6,13-16,19-21,33H,7-12,17-18H2. The van der Waals surface area contributed by atoms with Crippen LogP contribution < -0.4 is 0 Å². The van der Waals surface area contributed by atoms with Gasteiger partial charge in [0, 0.05) is 20.2 Å². The number of aryl methyl sites for hydroxylation is 2. The highest BCUT2D eigenvalue weighted by atomic mass is 32.2. The van der Waals surface area contributed by atoms with Crippen molar-refractivity contribution in [3.63, 3.8) is 0 Å². The largest absolute Gasteiger partial charge is 0.506 e. The van der Waals surface area contributed by atoms with E-state index >= 15 is 0 Å². The molecule has 0 aliphatic heterocycles. The maximum atomic E-state index is 11.8. The van der Waals surface area contributed by atoms with E-state index in [9.17, 15) is 5.11 Å². The summed E-state index contributed by atoms with van der Waals surface area (Å²) in [5, 5.41) is 11.8. The number of phenolic OH excluding ortho intramolecular Hbond substituents is 1. The number of benzene rings is 4. The molecule has 2 aliphatic carbocycles. The third-order valence-electron chi connectivity index (χ3n) is 7.25. The number of fused-ring (bicyclic) bond motifs is 2. The number of rotatable bonds is 5. The number of hydrogen-bond donors (Lipinski definition) is 1. The molecule has 35 heavy (non-hydrogen) atoms. The maximum absolute atomic E-state index is 11.8. The molecule has 0 aromatic heterocycles. The van der Waals surface area contributed by atoms with Crippen LogP contribution in [0.25, 0.3) is 11.1 Å². The molecule has 0 spiro atoms. The highest BCUT2D eigenvalue weighted by Crippen LogP contribution is 2.49. The normalized spacial score (nSPS) is 14.9. The molecular weight excluding hydrogens is 464 g/mol. The summed E-state index contributed by atoms with van der Waals surface area (Å²) in [5.74, 6) is 0.467. The van der Waals surface area contributed by atoms with Gasteiger partial charge in [0.15, 0.2) is 0 Å². The zero-order chi connectivity index (χ0) is 23.6. The average molecular weight is 495 g/mol. The predicted octanol–water partition coefficient (Wildman–Crippen LogP) is 9.12. The molecule has 0 atom stereocenters. The minimum absolute atomic E-state index is 0.467. The number of hydrogen-bond acceptors (Lipinski definition) is 3. The van der Waals surface area contributed by atoms with Crippen molar-refractivity contribution in [2.24, 2.45) is 0 Å². The van der Waals surface area contributed by atoms with Crippen LogP contribution in [0.4, 0.5) is 0 Å². The second kappa shape index (κ2) is 10.2. The molecule has 1 N–H and O–H groups in total. The summed E-state index contributed by atoms with van der Waals surface area (Å²) in [6, 6.07) is 28.1. The lowest BCUT2D eigenvalue weighted by atomic mass is 9.80. The first-order valence-corrected chi connectivity index (χ1v) is 14.4. The summed E-state index contributed by atoms with van der Waals surface area (Å²) in [5.41, 5.74) is 8.10. The minimum atomic E-state index is 0.467. The summed E-state index contributed by atoms with van der Waals surface area (Å²) in [6.45, 7) is 0. The SMILES string of the molecule is Oc1c(Sc2ccccc2)cc2c(c1-c1cc(Sc3ccccc3)cc3c1CCCC3)CCCC2. The maximum Gasteiger partial charge on any atom is 0.137 e. The molecule has 176 valence electrons. The Morgan fingerprint density at radius 3 is 1.80 bits per heavy atom. The molecule has 4 aromatic rings. The molecule has 0 heterocycles. The van der Waals surface area contributed by atoms with Crippen LogP contribution in [-0.2, 0) is 25.7 Å². The summed E-state index contributed by atoms with van der Waals surface area (Å²) in [4.78, 5) is 4.68. The molecule has 1 nitrogen and oxygen atoms in total. The molecule has 3 heteroatoms. The van der Waals surface area contributed by atoms with Crippen LogP contribution in [0.5, 0.6) is 5.75 Å². The Bertz CT molecular complexity index is 1350. The number of aromatic hydroxyl groups is 1. The highest BCUT2D eigenvalue weighted by molar-refractivity contribution is 7.99. The van der Waals surface area contributed by atoms with Crippen molar-refractivity contribution in [3.05, 3.63) is 101 Å². The molecule has 0 fully saturated rings. The van der Waals surface area contributed by atoms with Crippen LogP contribution in [0.2, 0.25) is 0 Å². The van der Waals surface area contributed by atoms with Crippen molar-refractivity contribution in [1.29, 1.82) is 0 Å². The van der Waals surface area contributed by atoms with Crippen LogP contribution in [0.1, 0.15) is 47.9 Å². The first kappa shape index (κ1) is 22.8. The zero-order valence-electron chi connectivity index (χ0n) is 19.9. The molecule has 0 bridgehead atoms. The van der Waals surface area contributed by atoms with Crippen LogP contribution in [0, 0.1) is 0 Å². The zero-order valence-corrected chi connectivity index (χ0v) is 21.6. The monoisotopic (exact) mass is 494 g/mol. The summed E-state index contributed by atoms with van der Waals surface area (Å²) < 4.78 is 0. The van der Waals surface area contributed by atoms with Gasteiger partial charge in [0.05, 0.1) is 4.90 Å². The van der Waals surface area contributed by atoms with Gasteiger partial charge in [-0.05, 0) is 122 Å². The molecule has 0 unspecified atom stereocenters. The molecule has 6 rings (SSSR count). The number of phenols is 1. The average Bonchev–Trinajstić information content (AvgIpc) is 2.90. The van der Waals surface area contributed by atoms with Crippen LogP contribution in [-0.4, -0.2) is 5.11 Å². The lowest BCUT2D eigenvalue weighted by Gasteiger charge is -2.27. The molecule has 0 amide bonds. The van der Waals surface area contributed by atoms with E-state index in [-0.39, 0.29) is 0 Å². The summed E-state index contributed by atoms with van der Waals surface area (Å²) in [7, 11) is 0. The Balaban J connectivity index is 1.53. The van der Waals surface area contributed by atoms with Crippen molar-refractivity contribution in [3.8, 4) is 16.9 Å². The van der Waals surface area contributed by atoms with E-state index in [1.54, 1.807) is 11.8 Å². The van der Waals surface area contributed by atoms with Gasteiger partial charge < -0.3 is 5.11 Å². The Hall–Kier alpha value is -2.62. The Labute approximate surface area is 217 Å². The third kappa shape index (κ3) is 4.77. The van der Waals surface area contributed by atoms with Crippen LogP contribution in [0.3, 0.4) is 0 Å². The Kier molecular flexibility index (Phi) is 6.63. The first-order valence-electron chi connectivity index (χ1n) is 12.8. The fourth-order valence-electron chi connectivity index (χ4n) is 5.59. The molecule has 0 radical (unpaired) electrons. The van der Waals surface area contributed by atoms with E-state index in [0.717, 1.165) is 36.1 Å². The van der Waals surface area contributed by atoms with Gasteiger partial charge in [-0.1, -0.05) is 59.9 Å². The van der Waals surface area contributed by atoms with Gasteiger partial charge in [-0.15, -0.1) is 0 Å². The van der Waals surface area contributed by atoms with Crippen molar-refractivity contribution >= 4 is 23.5 Å². The van der Waals surface area contributed by atoms with Gasteiger partial charge in [-0.25, -0.2) is 0 Å². The van der Waals surface area contributed by atoms with Crippen LogP contribution >= 0.6 is 23.5 Å². The van der Waals surface area contributed by atoms with E-state index < -0.39 is 0 Å².